The van der Waals surface area contributed by atoms with Crippen molar-refractivity contribution in [3.63, 3.8) is 0 Å². The minimum Gasteiger partial charge on any atom is -0.292 e. The standard InChI is InChI=1S/C10H8F3N5O/c1-18-16-9(15-17-18)4-8(19)7-3-2-6(5-14-7)10(11,12)13/h2-3,5H,4H2,1H3. The Labute approximate surface area is 105 Å². The zero-order chi connectivity index (χ0) is 14.0. The molecule has 0 saturated heterocycles. The molecule has 0 bridgehead atoms. The fraction of sp³-hybridized carbons (Fsp3) is 0.300. The first-order valence-corrected chi connectivity index (χ1v) is 5.15. The van der Waals surface area contributed by atoms with E-state index in [0.29, 0.717) is 6.20 Å². The summed E-state index contributed by atoms with van der Waals surface area (Å²) < 4.78 is 36.9. The van der Waals surface area contributed by atoms with Crippen molar-refractivity contribution >= 4 is 5.78 Å². The zero-order valence-corrected chi connectivity index (χ0v) is 9.72. The van der Waals surface area contributed by atoms with Crippen LogP contribution in [0.3, 0.4) is 0 Å². The number of halogens is 3. The van der Waals surface area contributed by atoms with Gasteiger partial charge in [0.05, 0.1) is 19.0 Å². The Morgan fingerprint density at radius 3 is 2.58 bits per heavy atom. The average molecular weight is 271 g/mol. The number of carbonyl (C=O) groups excluding carboxylic acids is 1. The van der Waals surface area contributed by atoms with Crippen LogP contribution in [0.5, 0.6) is 0 Å². The molecule has 0 aromatic carbocycles. The summed E-state index contributed by atoms with van der Waals surface area (Å²) in [7, 11) is 1.54. The molecule has 2 heterocycles. The summed E-state index contributed by atoms with van der Waals surface area (Å²) in [6, 6.07) is 1.84. The molecular formula is C10H8F3N5O. The van der Waals surface area contributed by atoms with Crippen molar-refractivity contribution in [1.29, 1.82) is 0 Å². The minimum atomic E-state index is -4.47. The number of hydrogen-bond donors (Lipinski definition) is 0. The molecule has 2 rings (SSSR count). The lowest BCUT2D eigenvalue weighted by molar-refractivity contribution is -0.137. The molecule has 9 heteroatoms. The van der Waals surface area contributed by atoms with Crippen LogP contribution in [-0.2, 0) is 19.6 Å². The van der Waals surface area contributed by atoms with Crippen LogP contribution < -0.4 is 0 Å². The van der Waals surface area contributed by atoms with E-state index < -0.39 is 17.5 Å². The van der Waals surface area contributed by atoms with Gasteiger partial charge in [0.25, 0.3) is 0 Å². The number of rotatable bonds is 3. The summed E-state index contributed by atoms with van der Waals surface area (Å²) in [5.74, 6) is -0.282. The highest BCUT2D eigenvalue weighted by molar-refractivity contribution is 5.95. The number of Topliss-reactive ketones (excluding diaryl/α,β-unsaturated/α-hetero) is 1. The van der Waals surface area contributed by atoms with Crippen molar-refractivity contribution in [3.05, 3.63) is 35.4 Å². The smallest absolute Gasteiger partial charge is 0.292 e. The quantitative estimate of drug-likeness (QED) is 0.780. The number of hydrogen-bond acceptors (Lipinski definition) is 5. The molecule has 19 heavy (non-hydrogen) atoms. The lowest BCUT2D eigenvalue weighted by atomic mass is 10.1. The van der Waals surface area contributed by atoms with Gasteiger partial charge in [-0.3, -0.25) is 9.78 Å². The highest BCUT2D eigenvalue weighted by Crippen LogP contribution is 2.28. The summed E-state index contributed by atoms with van der Waals surface area (Å²) in [5, 5.41) is 11.0. The summed E-state index contributed by atoms with van der Waals surface area (Å²) in [6.45, 7) is 0. The van der Waals surface area contributed by atoms with Crippen LogP contribution >= 0.6 is 0 Å². The molecule has 0 N–H and O–H groups in total. The first-order chi connectivity index (χ1) is 8.86. The maximum Gasteiger partial charge on any atom is 0.417 e. The topological polar surface area (TPSA) is 73.6 Å². The molecule has 0 aliphatic carbocycles. The van der Waals surface area contributed by atoms with Gasteiger partial charge in [0.1, 0.15) is 5.69 Å². The normalized spacial score (nSPS) is 11.6. The molecule has 0 amide bonds. The van der Waals surface area contributed by atoms with Crippen LogP contribution in [0.15, 0.2) is 18.3 Å². The Kier molecular flexibility index (Phi) is 3.28. The molecule has 0 saturated carbocycles. The molecule has 6 nitrogen and oxygen atoms in total. The van der Waals surface area contributed by atoms with Gasteiger partial charge in [-0.25, -0.2) is 0 Å². The van der Waals surface area contributed by atoms with Gasteiger partial charge in [0.15, 0.2) is 11.6 Å². The zero-order valence-electron chi connectivity index (χ0n) is 9.72. The first-order valence-electron chi connectivity index (χ1n) is 5.15. The van der Waals surface area contributed by atoms with E-state index >= 15 is 0 Å². The van der Waals surface area contributed by atoms with Gasteiger partial charge < -0.3 is 0 Å². The maximum absolute atomic E-state index is 12.3. The Morgan fingerprint density at radius 1 is 1.37 bits per heavy atom. The fourth-order valence-electron chi connectivity index (χ4n) is 1.35. The number of aromatic nitrogens is 5. The van der Waals surface area contributed by atoms with Crippen molar-refractivity contribution < 1.29 is 18.0 Å². The Bertz CT molecular complexity index is 590. The predicted octanol–water partition coefficient (Wildman–Crippen LogP) is 1.05. The highest BCUT2D eigenvalue weighted by atomic mass is 19.4. The summed E-state index contributed by atoms with van der Waals surface area (Å²) in [5.41, 5.74) is -0.970. The van der Waals surface area contributed by atoms with Crippen molar-refractivity contribution in [2.24, 2.45) is 7.05 Å². The highest BCUT2D eigenvalue weighted by Gasteiger charge is 2.30. The van der Waals surface area contributed by atoms with Crippen LogP contribution in [0.1, 0.15) is 21.9 Å². The molecule has 0 spiro atoms. The number of aryl methyl sites for hydroxylation is 1. The second kappa shape index (κ2) is 4.75. The van der Waals surface area contributed by atoms with Gasteiger partial charge in [-0.1, -0.05) is 0 Å². The van der Waals surface area contributed by atoms with E-state index in [1.165, 1.54) is 11.8 Å². The monoisotopic (exact) mass is 271 g/mol. The summed E-state index contributed by atoms with van der Waals surface area (Å²) in [6.07, 6.45) is -4.01. The van der Waals surface area contributed by atoms with Gasteiger partial charge in [-0.15, -0.1) is 10.2 Å². The van der Waals surface area contributed by atoms with Crippen molar-refractivity contribution in [2.75, 3.05) is 0 Å². The lowest BCUT2D eigenvalue weighted by Gasteiger charge is -2.05. The third-order valence-corrected chi connectivity index (χ3v) is 2.24. The Balaban J connectivity index is 2.12. The van der Waals surface area contributed by atoms with Gasteiger partial charge >= 0.3 is 6.18 Å². The molecule has 0 aliphatic heterocycles. The first kappa shape index (κ1) is 13.1. The van der Waals surface area contributed by atoms with E-state index in [4.69, 9.17) is 0 Å². The average Bonchev–Trinajstić information content (AvgIpc) is 2.74. The molecular weight excluding hydrogens is 263 g/mol. The van der Waals surface area contributed by atoms with E-state index in [-0.39, 0.29) is 17.9 Å². The number of alkyl halides is 3. The molecule has 100 valence electrons. The van der Waals surface area contributed by atoms with Crippen LogP contribution in [0.4, 0.5) is 13.2 Å². The molecule has 2 aromatic rings. The van der Waals surface area contributed by atoms with Crippen molar-refractivity contribution in [3.8, 4) is 0 Å². The largest absolute Gasteiger partial charge is 0.417 e. The van der Waals surface area contributed by atoms with E-state index in [9.17, 15) is 18.0 Å². The second-order valence-corrected chi connectivity index (χ2v) is 3.72. The Hall–Kier alpha value is -2.32. The van der Waals surface area contributed by atoms with Crippen molar-refractivity contribution in [2.45, 2.75) is 12.6 Å². The molecule has 0 atom stereocenters. The molecule has 0 unspecified atom stereocenters. The minimum absolute atomic E-state index is 0.0690. The van der Waals surface area contributed by atoms with Crippen LogP contribution in [0, 0.1) is 0 Å². The predicted molar refractivity (Wildman–Crippen MR) is 56.1 cm³/mol. The molecule has 2 aromatic heterocycles. The van der Waals surface area contributed by atoms with Crippen LogP contribution in [0.2, 0.25) is 0 Å². The van der Waals surface area contributed by atoms with E-state index in [0.717, 1.165) is 12.1 Å². The number of pyridine rings is 1. The van der Waals surface area contributed by atoms with Crippen LogP contribution in [-0.4, -0.2) is 31.0 Å². The molecule has 0 aliphatic rings. The third kappa shape index (κ3) is 3.12. The number of ketones is 1. The Morgan fingerprint density at radius 2 is 2.11 bits per heavy atom. The molecule has 0 fully saturated rings. The van der Waals surface area contributed by atoms with Crippen molar-refractivity contribution in [1.82, 2.24) is 25.2 Å². The SMILES string of the molecule is Cn1nnc(CC(=O)c2ccc(C(F)(F)F)cn2)n1. The number of tetrazole rings is 1. The fourth-order valence-corrected chi connectivity index (χ4v) is 1.35. The van der Waals surface area contributed by atoms with Gasteiger partial charge in [-0.05, 0) is 17.3 Å². The van der Waals surface area contributed by atoms with Crippen LogP contribution in [0.25, 0.3) is 0 Å². The lowest BCUT2D eigenvalue weighted by Crippen LogP contribution is -2.10. The van der Waals surface area contributed by atoms with E-state index in [1.54, 1.807) is 0 Å². The third-order valence-electron chi connectivity index (χ3n) is 2.24. The van der Waals surface area contributed by atoms with Gasteiger partial charge in [0.2, 0.25) is 0 Å². The number of carbonyl (C=O) groups is 1. The van der Waals surface area contributed by atoms with Gasteiger partial charge in [0, 0.05) is 6.20 Å². The molecule has 0 radical (unpaired) electrons. The number of nitrogens with zero attached hydrogens (tertiary/aromatic N) is 5. The summed E-state index contributed by atoms with van der Waals surface area (Å²) in [4.78, 5) is 16.4. The summed E-state index contributed by atoms with van der Waals surface area (Å²) >= 11 is 0. The van der Waals surface area contributed by atoms with Gasteiger partial charge in [-0.2, -0.15) is 18.0 Å². The van der Waals surface area contributed by atoms with E-state index in [1.807, 2.05) is 0 Å². The van der Waals surface area contributed by atoms with E-state index in [2.05, 4.69) is 20.4 Å². The second-order valence-electron chi connectivity index (χ2n) is 3.72. The maximum atomic E-state index is 12.3.